The molecule has 1 heterocycles. The van der Waals surface area contributed by atoms with Crippen molar-refractivity contribution in [2.24, 2.45) is 5.92 Å². The van der Waals surface area contributed by atoms with Crippen LogP contribution in [0.2, 0.25) is 0 Å². The van der Waals surface area contributed by atoms with Crippen molar-refractivity contribution >= 4 is 11.8 Å². The van der Waals surface area contributed by atoms with Crippen LogP contribution in [0.3, 0.4) is 0 Å². The normalized spacial score (nSPS) is 17.8. The van der Waals surface area contributed by atoms with Crippen molar-refractivity contribution in [1.29, 1.82) is 0 Å². The maximum absolute atomic E-state index is 13.0. The predicted molar refractivity (Wildman–Crippen MR) is 75.1 cm³/mol. The lowest BCUT2D eigenvalue weighted by Crippen LogP contribution is -2.39. The van der Waals surface area contributed by atoms with E-state index in [0.717, 1.165) is 12.5 Å². The lowest BCUT2D eigenvalue weighted by molar-refractivity contribution is -0.129. The van der Waals surface area contributed by atoms with Crippen molar-refractivity contribution in [3.05, 3.63) is 35.6 Å². The second-order valence-electron chi connectivity index (χ2n) is 5.20. The standard InChI is InChI=1S/C15H19FN2O3/c16-13-3-1-2-12(8-13)15(21)17-9-14(20)18-6-4-11(10-18)5-7-19/h1-3,8,11,19H,4-7,9-10H2,(H,17,21). The smallest absolute Gasteiger partial charge is 0.251 e. The summed E-state index contributed by atoms with van der Waals surface area (Å²) in [5.41, 5.74) is 0.197. The molecule has 5 nitrogen and oxygen atoms in total. The minimum absolute atomic E-state index is 0.0960. The van der Waals surface area contributed by atoms with Crippen LogP contribution >= 0.6 is 0 Å². The Hall–Kier alpha value is -1.95. The van der Waals surface area contributed by atoms with Gasteiger partial charge in [0.15, 0.2) is 0 Å². The van der Waals surface area contributed by atoms with Gasteiger partial charge in [0.05, 0.1) is 6.54 Å². The summed E-state index contributed by atoms with van der Waals surface area (Å²) in [7, 11) is 0. The van der Waals surface area contributed by atoms with E-state index in [1.165, 1.54) is 18.2 Å². The van der Waals surface area contributed by atoms with E-state index in [1.54, 1.807) is 4.90 Å². The van der Waals surface area contributed by atoms with Crippen LogP contribution in [0.5, 0.6) is 0 Å². The molecule has 2 amide bonds. The molecule has 114 valence electrons. The first-order valence-corrected chi connectivity index (χ1v) is 7.02. The van der Waals surface area contributed by atoms with E-state index in [9.17, 15) is 14.0 Å². The van der Waals surface area contributed by atoms with Gasteiger partial charge in [-0.15, -0.1) is 0 Å². The SMILES string of the molecule is O=C(NCC(=O)N1CCC(CCO)C1)c1cccc(F)c1. The molecular formula is C15H19FN2O3. The highest BCUT2D eigenvalue weighted by Crippen LogP contribution is 2.18. The van der Waals surface area contributed by atoms with Crippen LogP contribution < -0.4 is 5.32 Å². The maximum atomic E-state index is 13.0. The quantitative estimate of drug-likeness (QED) is 0.843. The zero-order valence-corrected chi connectivity index (χ0v) is 11.7. The van der Waals surface area contributed by atoms with Gasteiger partial charge in [0.25, 0.3) is 5.91 Å². The molecule has 1 aliphatic rings. The fraction of sp³-hybridized carbons (Fsp3) is 0.467. The summed E-state index contributed by atoms with van der Waals surface area (Å²) in [6.07, 6.45) is 1.57. The second kappa shape index (κ2) is 7.17. The number of aliphatic hydroxyl groups excluding tert-OH is 1. The average Bonchev–Trinajstić information content (AvgIpc) is 2.93. The molecular weight excluding hydrogens is 275 g/mol. The largest absolute Gasteiger partial charge is 0.396 e. The number of carbonyl (C=O) groups is 2. The molecule has 1 fully saturated rings. The summed E-state index contributed by atoms with van der Waals surface area (Å²) in [4.78, 5) is 25.5. The van der Waals surface area contributed by atoms with Gasteiger partial charge in [-0.3, -0.25) is 9.59 Å². The van der Waals surface area contributed by atoms with Gasteiger partial charge >= 0.3 is 0 Å². The van der Waals surface area contributed by atoms with E-state index in [1.807, 2.05) is 0 Å². The van der Waals surface area contributed by atoms with E-state index in [-0.39, 0.29) is 24.6 Å². The number of nitrogens with zero attached hydrogens (tertiary/aromatic N) is 1. The molecule has 0 spiro atoms. The Morgan fingerprint density at radius 1 is 1.43 bits per heavy atom. The van der Waals surface area contributed by atoms with Crippen molar-refractivity contribution < 1.29 is 19.1 Å². The molecule has 2 N–H and O–H groups in total. The Morgan fingerprint density at radius 2 is 2.24 bits per heavy atom. The lowest BCUT2D eigenvalue weighted by Gasteiger charge is -2.16. The highest BCUT2D eigenvalue weighted by atomic mass is 19.1. The summed E-state index contributed by atoms with van der Waals surface area (Å²) >= 11 is 0. The van der Waals surface area contributed by atoms with Crippen LogP contribution in [0, 0.1) is 11.7 Å². The number of halogens is 1. The fourth-order valence-corrected chi connectivity index (χ4v) is 2.48. The molecule has 0 saturated carbocycles. The number of amides is 2. The van der Waals surface area contributed by atoms with Crippen molar-refractivity contribution in [3.8, 4) is 0 Å². The number of hydrogen-bond acceptors (Lipinski definition) is 3. The molecule has 1 saturated heterocycles. The van der Waals surface area contributed by atoms with Gasteiger partial charge in [-0.05, 0) is 37.0 Å². The maximum Gasteiger partial charge on any atom is 0.251 e. The summed E-state index contributed by atoms with van der Waals surface area (Å²) in [5.74, 6) is -0.771. The number of hydrogen-bond donors (Lipinski definition) is 2. The van der Waals surface area contributed by atoms with Crippen LogP contribution in [-0.4, -0.2) is 48.1 Å². The topological polar surface area (TPSA) is 69.6 Å². The van der Waals surface area contributed by atoms with Crippen LogP contribution in [0.1, 0.15) is 23.2 Å². The van der Waals surface area contributed by atoms with Crippen molar-refractivity contribution in [1.82, 2.24) is 10.2 Å². The number of rotatable bonds is 5. The van der Waals surface area contributed by atoms with Gasteiger partial charge in [0.1, 0.15) is 5.82 Å². The van der Waals surface area contributed by atoms with E-state index < -0.39 is 11.7 Å². The highest BCUT2D eigenvalue weighted by molar-refractivity contribution is 5.96. The molecule has 0 radical (unpaired) electrons. The highest BCUT2D eigenvalue weighted by Gasteiger charge is 2.25. The summed E-state index contributed by atoms with van der Waals surface area (Å²) < 4.78 is 13.0. The first-order chi connectivity index (χ1) is 10.1. The number of nitrogens with one attached hydrogen (secondary N) is 1. The molecule has 0 aromatic heterocycles. The number of likely N-dealkylation sites (tertiary alicyclic amines) is 1. The third-order valence-corrected chi connectivity index (χ3v) is 3.66. The Kier molecular flexibility index (Phi) is 5.27. The Morgan fingerprint density at radius 3 is 2.95 bits per heavy atom. The summed E-state index contributed by atoms with van der Waals surface area (Å²) in [6, 6.07) is 5.34. The third kappa shape index (κ3) is 4.26. The predicted octanol–water partition coefficient (Wildman–Crippen LogP) is 0.786. The van der Waals surface area contributed by atoms with Crippen molar-refractivity contribution in [2.75, 3.05) is 26.2 Å². The first-order valence-electron chi connectivity index (χ1n) is 7.02. The van der Waals surface area contributed by atoms with E-state index in [2.05, 4.69) is 5.32 Å². The minimum atomic E-state index is -0.486. The molecule has 0 aliphatic carbocycles. The van der Waals surface area contributed by atoms with E-state index in [4.69, 9.17) is 5.11 Å². The van der Waals surface area contributed by atoms with Crippen LogP contribution in [0.25, 0.3) is 0 Å². The second-order valence-corrected chi connectivity index (χ2v) is 5.20. The summed E-state index contributed by atoms with van der Waals surface area (Å²) in [6.45, 7) is 1.30. The molecule has 0 bridgehead atoms. The zero-order valence-electron chi connectivity index (χ0n) is 11.7. The third-order valence-electron chi connectivity index (χ3n) is 3.66. The average molecular weight is 294 g/mol. The fourth-order valence-electron chi connectivity index (χ4n) is 2.48. The van der Waals surface area contributed by atoms with Crippen LogP contribution in [0.15, 0.2) is 24.3 Å². The Balaban J connectivity index is 1.80. The minimum Gasteiger partial charge on any atom is -0.396 e. The first kappa shape index (κ1) is 15.4. The Labute approximate surface area is 122 Å². The molecule has 1 unspecified atom stereocenters. The van der Waals surface area contributed by atoms with Gasteiger partial charge in [-0.2, -0.15) is 0 Å². The van der Waals surface area contributed by atoms with E-state index >= 15 is 0 Å². The van der Waals surface area contributed by atoms with Gasteiger partial charge < -0.3 is 15.3 Å². The molecule has 1 atom stereocenters. The lowest BCUT2D eigenvalue weighted by atomic mass is 10.1. The Bertz CT molecular complexity index is 521. The van der Waals surface area contributed by atoms with Gasteiger partial charge in [-0.25, -0.2) is 4.39 Å². The van der Waals surface area contributed by atoms with Gasteiger partial charge in [0, 0.05) is 25.3 Å². The molecule has 1 aromatic carbocycles. The van der Waals surface area contributed by atoms with Crippen LogP contribution in [-0.2, 0) is 4.79 Å². The van der Waals surface area contributed by atoms with Crippen molar-refractivity contribution in [2.45, 2.75) is 12.8 Å². The van der Waals surface area contributed by atoms with Crippen molar-refractivity contribution in [3.63, 3.8) is 0 Å². The molecule has 6 heteroatoms. The van der Waals surface area contributed by atoms with Crippen LogP contribution in [0.4, 0.5) is 4.39 Å². The van der Waals surface area contributed by atoms with Gasteiger partial charge in [-0.1, -0.05) is 6.07 Å². The molecule has 1 aliphatic heterocycles. The van der Waals surface area contributed by atoms with Gasteiger partial charge in [0.2, 0.25) is 5.91 Å². The molecule has 2 rings (SSSR count). The number of carbonyl (C=O) groups excluding carboxylic acids is 2. The number of benzene rings is 1. The monoisotopic (exact) mass is 294 g/mol. The zero-order chi connectivity index (χ0) is 15.2. The van der Waals surface area contributed by atoms with E-state index in [0.29, 0.717) is 25.4 Å². The number of aliphatic hydroxyl groups is 1. The molecule has 1 aromatic rings. The summed E-state index contributed by atoms with van der Waals surface area (Å²) in [5, 5.41) is 11.4. The molecule has 21 heavy (non-hydrogen) atoms.